The standard InChI is InChI=1S/C16H23FN2/c1-3-5-9-19(4-2)13-15-10-14(7-6-8-18)11-16(17)12-15/h10-12H,3-5,8-9,13,18H2,1-2H3. The van der Waals surface area contributed by atoms with Crippen molar-refractivity contribution in [2.45, 2.75) is 33.2 Å². The summed E-state index contributed by atoms with van der Waals surface area (Å²) < 4.78 is 13.5. The lowest BCUT2D eigenvalue weighted by molar-refractivity contribution is 0.275. The van der Waals surface area contributed by atoms with Gasteiger partial charge in [0, 0.05) is 12.1 Å². The largest absolute Gasteiger partial charge is 0.320 e. The summed E-state index contributed by atoms with van der Waals surface area (Å²) in [5, 5.41) is 0. The van der Waals surface area contributed by atoms with Gasteiger partial charge in [0.15, 0.2) is 0 Å². The Morgan fingerprint density at radius 2 is 2.05 bits per heavy atom. The first-order chi connectivity index (χ1) is 9.19. The van der Waals surface area contributed by atoms with Crippen LogP contribution in [-0.4, -0.2) is 24.5 Å². The van der Waals surface area contributed by atoms with E-state index < -0.39 is 0 Å². The van der Waals surface area contributed by atoms with Gasteiger partial charge in [0.2, 0.25) is 0 Å². The van der Waals surface area contributed by atoms with Crippen molar-refractivity contribution >= 4 is 0 Å². The van der Waals surface area contributed by atoms with Crippen LogP contribution < -0.4 is 5.73 Å². The lowest BCUT2D eigenvalue weighted by Crippen LogP contribution is -2.24. The number of nitrogens with two attached hydrogens (primary N) is 1. The molecule has 3 heteroatoms. The zero-order chi connectivity index (χ0) is 14.1. The first-order valence-electron chi connectivity index (χ1n) is 6.90. The summed E-state index contributed by atoms with van der Waals surface area (Å²) in [7, 11) is 0. The molecule has 1 rings (SSSR count). The van der Waals surface area contributed by atoms with Crippen LogP contribution in [0.15, 0.2) is 18.2 Å². The van der Waals surface area contributed by atoms with Crippen molar-refractivity contribution in [3.05, 3.63) is 35.1 Å². The zero-order valence-electron chi connectivity index (χ0n) is 11.9. The molecule has 2 nitrogen and oxygen atoms in total. The number of rotatable bonds is 6. The number of unbranched alkanes of at least 4 members (excludes halogenated alkanes) is 1. The molecule has 1 aromatic rings. The van der Waals surface area contributed by atoms with Gasteiger partial charge >= 0.3 is 0 Å². The van der Waals surface area contributed by atoms with Crippen molar-refractivity contribution in [3.63, 3.8) is 0 Å². The Labute approximate surface area is 115 Å². The van der Waals surface area contributed by atoms with E-state index in [1.54, 1.807) is 6.07 Å². The van der Waals surface area contributed by atoms with Crippen LogP contribution in [0.4, 0.5) is 4.39 Å². The summed E-state index contributed by atoms with van der Waals surface area (Å²) in [5.74, 6) is 5.41. The molecule has 2 N–H and O–H groups in total. The molecule has 0 amide bonds. The number of hydrogen-bond acceptors (Lipinski definition) is 2. The summed E-state index contributed by atoms with van der Waals surface area (Å²) in [5.41, 5.74) is 7.01. The van der Waals surface area contributed by atoms with Gasteiger partial charge in [-0.3, -0.25) is 4.90 Å². The van der Waals surface area contributed by atoms with E-state index in [1.165, 1.54) is 18.9 Å². The minimum Gasteiger partial charge on any atom is -0.320 e. The van der Waals surface area contributed by atoms with Gasteiger partial charge in [-0.1, -0.05) is 32.1 Å². The summed E-state index contributed by atoms with van der Waals surface area (Å²) in [4.78, 5) is 2.32. The second-order valence-corrected chi connectivity index (χ2v) is 4.58. The van der Waals surface area contributed by atoms with Crippen LogP contribution in [0.2, 0.25) is 0 Å². The monoisotopic (exact) mass is 262 g/mol. The minimum absolute atomic E-state index is 0.231. The Hall–Kier alpha value is -1.37. The third kappa shape index (κ3) is 5.87. The summed E-state index contributed by atoms with van der Waals surface area (Å²) in [6.45, 7) is 7.39. The predicted octanol–water partition coefficient (Wildman–Crippen LogP) is 2.76. The fraction of sp³-hybridized carbons (Fsp3) is 0.500. The molecular formula is C16H23FN2. The molecule has 0 atom stereocenters. The van der Waals surface area contributed by atoms with Crippen LogP contribution in [-0.2, 0) is 6.54 Å². The van der Waals surface area contributed by atoms with Crippen molar-refractivity contribution in [1.82, 2.24) is 4.90 Å². The number of hydrogen-bond donors (Lipinski definition) is 1. The predicted molar refractivity (Wildman–Crippen MR) is 78.2 cm³/mol. The second-order valence-electron chi connectivity index (χ2n) is 4.58. The molecule has 0 aliphatic rings. The maximum Gasteiger partial charge on any atom is 0.124 e. The Kier molecular flexibility index (Phi) is 7.17. The average molecular weight is 262 g/mol. The fourth-order valence-electron chi connectivity index (χ4n) is 1.96. The Morgan fingerprint density at radius 3 is 2.68 bits per heavy atom. The molecule has 0 saturated heterocycles. The molecule has 1 aromatic carbocycles. The number of nitrogens with zero attached hydrogens (tertiary/aromatic N) is 1. The van der Waals surface area contributed by atoms with Gasteiger partial charge < -0.3 is 5.73 Å². The molecule has 0 unspecified atom stereocenters. The molecule has 0 aliphatic heterocycles. The quantitative estimate of drug-likeness (QED) is 0.799. The molecule has 104 valence electrons. The van der Waals surface area contributed by atoms with Gasteiger partial charge in [0.1, 0.15) is 5.82 Å². The highest BCUT2D eigenvalue weighted by molar-refractivity contribution is 5.38. The minimum atomic E-state index is -0.231. The Morgan fingerprint density at radius 1 is 1.26 bits per heavy atom. The first kappa shape index (κ1) is 15.7. The highest BCUT2D eigenvalue weighted by atomic mass is 19.1. The highest BCUT2D eigenvalue weighted by Gasteiger charge is 2.05. The molecule has 0 heterocycles. The Bertz CT molecular complexity index is 446. The van der Waals surface area contributed by atoms with Crippen LogP contribution in [0.3, 0.4) is 0 Å². The fourth-order valence-corrected chi connectivity index (χ4v) is 1.96. The molecule has 0 spiro atoms. The van der Waals surface area contributed by atoms with Crippen molar-refractivity contribution in [2.75, 3.05) is 19.6 Å². The lowest BCUT2D eigenvalue weighted by Gasteiger charge is -2.20. The van der Waals surface area contributed by atoms with Crippen molar-refractivity contribution in [2.24, 2.45) is 5.73 Å². The smallest absolute Gasteiger partial charge is 0.124 e. The maximum atomic E-state index is 13.5. The van der Waals surface area contributed by atoms with Crippen LogP contribution in [0.5, 0.6) is 0 Å². The van der Waals surface area contributed by atoms with E-state index in [4.69, 9.17) is 5.73 Å². The molecular weight excluding hydrogens is 239 g/mol. The van der Waals surface area contributed by atoms with Gasteiger partial charge in [0.25, 0.3) is 0 Å². The number of halogens is 1. The highest BCUT2D eigenvalue weighted by Crippen LogP contribution is 2.11. The van der Waals surface area contributed by atoms with E-state index in [2.05, 4.69) is 30.6 Å². The molecule has 0 bridgehead atoms. The first-order valence-corrected chi connectivity index (χ1v) is 6.90. The van der Waals surface area contributed by atoms with E-state index in [0.717, 1.165) is 25.2 Å². The molecule has 0 fully saturated rings. The molecule has 19 heavy (non-hydrogen) atoms. The second kappa shape index (κ2) is 8.68. The van der Waals surface area contributed by atoms with Crippen LogP contribution >= 0.6 is 0 Å². The van der Waals surface area contributed by atoms with E-state index in [9.17, 15) is 4.39 Å². The third-order valence-corrected chi connectivity index (χ3v) is 2.97. The average Bonchev–Trinajstić information content (AvgIpc) is 2.40. The molecule has 0 aliphatic carbocycles. The van der Waals surface area contributed by atoms with Gasteiger partial charge in [-0.05, 0) is 43.3 Å². The van der Waals surface area contributed by atoms with Crippen LogP contribution in [0, 0.1) is 17.7 Å². The van der Waals surface area contributed by atoms with Gasteiger partial charge in [-0.25, -0.2) is 4.39 Å². The van der Waals surface area contributed by atoms with Gasteiger partial charge in [-0.2, -0.15) is 0 Å². The SMILES string of the molecule is CCCCN(CC)Cc1cc(F)cc(C#CCN)c1. The zero-order valence-corrected chi connectivity index (χ0v) is 11.9. The van der Waals surface area contributed by atoms with Crippen LogP contribution in [0.1, 0.15) is 37.8 Å². The number of benzene rings is 1. The maximum absolute atomic E-state index is 13.5. The Balaban J connectivity index is 2.78. The molecule has 0 aromatic heterocycles. The van der Waals surface area contributed by atoms with E-state index in [1.807, 2.05) is 6.07 Å². The van der Waals surface area contributed by atoms with Gasteiger partial charge in [0.05, 0.1) is 6.54 Å². The van der Waals surface area contributed by atoms with Crippen molar-refractivity contribution in [3.8, 4) is 11.8 Å². The summed E-state index contributed by atoms with van der Waals surface area (Å²) in [6, 6.07) is 4.98. The van der Waals surface area contributed by atoms with E-state index in [0.29, 0.717) is 12.1 Å². The van der Waals surface area contributed by atoms with E-state index >= 15 is 0 Å². The third-order valence-electron chi connectivity index (χ3n) is 2.97. The van der Waals surface area contributed by atoms with Crippen LogP contribution in [0.25, 0.3) is 0 Å². The topological polar surface area (TPSA) is 29.3 Å². The van der Waals surface area contributed by atoms with Gasteiger partial charge in [-0.15, -0.1) is 0 Å². The lowest BCUT2D eigenvalue weighted by atomic mass is 10.1. The molecule has 0 saturated carbocycles. The normalized spacial score (nSPS) is 10.4. The van der Waals surface area contributed by atoms with Crippen molar-refractivity contribution in [1.29, 1.82) is 0 Å². The molecule has 0 radical (unpaired) electrons. The summed E-state index contributed by atoms with van der Waals surface area (Å²) >= 11 is 0. The van der Waals surface area contributed by atoms with E-state index in [-0.39, 0.29) is 5.82 Å². The van der Waals surface area contributed by atoms with Crippen molar-refractivity contribution < 1.29 is 4.39 Å². The summed E-state index contributed by atoms with van der Waals surface area (Å²) in [6.07, 6.45) is 2.34.